The fourth-order valence-electron chi connectivity index (χ4n) is 1.50. The molecule has 0 amide bonds. The van der Waals surface area contributed by atoms with E-state index in [1.54, 1.807) is 6.92 Å². The Kier molecular flexibility index (Phi) is 3.86. The standard InChI is InChI=1S/C11H18N2O/c1-4-10-8-11(13(3)12-10)7-5-6-9(2)14/h8H,4-7H2,1-3H3. The van der Waals surface area contributed by atoms with Gasteiger partial charge in [0.25, 0.3) is 0 Å². The minimum Gasteiger partial charge on any atom is -0.300 e. The van der Waals surface area contributed by atoms with E-state index >= 15 is 0 Å². The highest BCUT2D eigenvalue weighted by Gasteiger charge is 2.03. The molecule has 0 N–H and O–H groups in total. The first-order valence-corrected chi connectivity index (χ1v) is 5.14. The Morgan fingerprint density at radius 3 is 2.79 bits per heavy atom. The summed E-state index contributed by atoms with van der Waals surface area (Å²) in [7, 11) is 1.96. The third kappa shape index (κ3) is 2.98. The Bertz CT molecular complexity index is 315. The van der Waals surface area contributed by atoms with Crippen LogP contribution in [-0.4, -0.2) is 15.6 Å². The van der Waals surface area contributed by atoms with Gasteiger partial charge in [0.15, 0.2) is 0 Å². The summed E-state index contributed by atoms with van der Waals surface area (Å²) in [6.45, 7) is 3.74. The van der Waals surface area contributed by atoms with Crippen LogP contribution in [0, 0.1) is 0 Å². The lowest BCUT2D eigenvalue weighted by molar-refractivity contribution is -0.117. The predicted octanol–water partition coefficient (Wildman–Crippen LogP) is 1.89. The molecule has 78 valence electrons. The average Bonchev–Trinajstić information content (AvgIpc) is 2.47. The normalized spacial score (nSPS) is 10.5. The van der Waals surface area contributed by atoms with Gasteiger partial charge in [0.1, 0.15) is 5.78 Å². The van der Waals surface area contributed by atoms with Crippen molar-refractivity contribution in [3.8, 4) is 0 Å². The van der Waals surface area contributed by atoms with Crippen molar-refractivity contribution in [3.63, 3.8) is 0 Å². The molecule has 0 aromatic carbocycles. The Labute approximate surface area is 85.1 Å². The summed E-state index contributed by atoms with van der Waals surface area (Å²) in [6, 6.07) is 2.13. The number of rotatable bonds is 5. The summed E-state index contributed by atoms with van der Waals surface area (Å²) in [6.07, 6.45) is 3.52. The zero-order valence-corrected chi connectivity index (χ0v) is 9.21. The Hall–Kier alpha value is -1.12. The second-order valence-corrected chi connectivity index (χ2v) is 3.66. The monoisotopic (exact) mass is 194 g/mol. The highest BCUT2D eigenvalue weighted by Crippen LogP contribution is 2.07. The number of carbonyl (C=O) groups excluding carboxylic acids is 1. The maximum Gasteiger partial charge on any atom is 0.129 e. The maximum atomic E-state index is 10.8. The summed E-state index contributed by atoms with van der Waals surface area (Å²) in [4.78, 5) is 10.8. The highest BCUT2D eigenvalue weighted by atomic mass is 16.1. The summed E-state index contributed by atoms with van der Waals surface area (Å²) < 4.78 is 1.92. The van der Waals surface area contributed by atoms with Crippen LogP contribution >= 0.6 is 0 Å². The van der Waals surface area contributed by atoms with E-state index in [-0.39, 0.29) is 5.78 Å². The van der Waals surface area contributed by atoms with E-state index in [1.807, 2.05) is 11.7 Å². The molecule has 3 heteroatoms. The summed E-state index contributed by atoms with van der Waals surface area (Å²) in [5, 5.41) is 4.36. The molecule has 0 aliphatic rings. The van der Waals surface area contributed by atoms with Gasteiger partial charge in [0.05, 0.1) is 5.69 Å². The Morgan fingerprint density at radius 1 is 1.57 bits per heavy atom. The van der Waals surface area contributed by atoms with Gasteiger partial charge >= 0.3 is 0 Å². The molecular weight excluding hydrogens is 176 g/mol. The van der Waals surface area contributed by atoms with Crippen molar-refractivity contribution in [2.45, 2.75) is 39.5 Å². The van der Waals surface area contributed by atoms with Gasteiger partial charge < -0.3 is 4.79 Å². The molecule has 0 unspecified atom stereocenters. The highest BCUT2D eigenvalue weighted by molar-refractivity contribution is 5.75. The van der Waals surface area contributed by atoms with E-state index in [0.29, 0.717) is 6.42 Å². The molecule has 1 aromatic rings. The summed E-state index contributed by atoms with van der Waals surface area (Å²) >= 11 is 0. The van der Waals surface area contributed by atoms with E-state index in [2.05, 4.69) is 18.1 Å². The van der Waals surface area contributed by atoms with Crippen LogP contribution < -0.4 is 0 Å². The van der Waals surface area contributed by atoms with Gasteiger partial charge in [-0.05, 0) is 32.3 Å². The largest absolute Gasteiger partial charge is 0.300 e. The van der Waals surface area contributed by atoms with Gasteiger partial charge in [-0.2, -0.15) is 5.10 Å². The first kappa shape index (κ1) is 11.0. The lowest BCUT2D eigenvalue weighted by Crippen LogP contribution is -1.99. The molecule has 0 radical (unpaired) electrons. The van der Waals surface area contributed by atoms with Gasteiger partial charge in [-0.1, -0.05) is 6.92 Å². The molecule has 1 aromatic heterocycles. The number of aromatic nitrogens is 2. The van der Waals surface area contributed by atoms with Crippen LogP contribution in [0.2, 0.25) is 0 Å². The van der Waals surface area contributed by atoms with E-state index in [9.17, 15) is 4.79 Å². The van der Waals surface area contributed by atoms with Crippen LogP contribution in [0.5, 0.6) is 0 Å². The smallest absolute Gasteiger partial charge is 0.129 e. The molecule has 0 spiro atoms. The van der Waals surface area contributed by atoms with Crippen molar-refractivity contribution in [3.05, 3.63) is 17.5 Å². The predicted molar refractivity (Wildman–Crippen MR) is 56.2 cm³/mol. The fraction of sp³-hybridized carbons (Fsp3) is 0.636. The van der Waals surface area contributed by atoms with Gasteiger partial charge in [-0.25, -0.2) is 0 Å². The minimum atomic E-state index is 0.267. The van der Waals surface area contributed by atoms with Crippen LogP contribution in [0.25, 0.3) is 0 Å². The zero-order valence-electron chi connectivity index (χ0n) is 9.21. The van der Waals surface area contributed by atoms with Crippen molar-refractivity contribution in [2.24, 2.45) is 7.05 Å². The van der Waals surface area contributed by atoms with Crippen molar-refractivity contribution in [2.75, 3.05) is 0 Å². The number of hydrogen-bond donors (Lipinski definition) is 0. The number of aryl methyl sites for hydroxylation is 3. The molecule has 0 saturated heterocycles. The van der Waals surface area contributed by atoms with Gasteiger partial charge in [-0.15, -0.1) is 0 Å². The van der Waals surface area contributed by atoms with Crippen LogP contribution in [0.4, 0.5) is 0 Å². The molecule has 0 atom stereocenters. The first-order chi connectivity index (χ1) is 6.63. The lowest BCUT2D eigenvalue weighted by Gasteiger charge is -1.99. The van der Waals surface area contributed by atoms with Crippen molar-refractivity contribution in [1.82, 2.24) is 9.78 Å². The summed E-state index contributed by atoms with van der Waals surface area (Å²) in [5.74, 6) is 0.267. The first-order valence-electron chi connectivity index (χ1n) is 5.14. The molecule has 1 heterocycles. The third-order valence-corrected chi connectivity index (χ3v) is 2.35. The van der Waals surface area contributed by atoms with Crippen molar-refractivity contribution < 1.29 is 4.79 Å². The van der Waals surface area contributed by atoms with E-state index in [0.717, 1.165) is 25.0 Å². The lowest BCUT2D eigenvalue weighted by atomic mass is 10.1. The van der Waals surface area contributed by atoms with Gasteiger partial charge in [0.2, 0.25) is 0 Å². The molecule has 0 aliphatic heterocycles. The molecule has 0 fully saturated rings. The number of nitrogens with zero attached hydrogens (tertiary/aromatic N) is 2. The van der Waals surface area contributed by atoms with E-state index < -0.39 is 0 Å². The van der Waals surface area contributed by atoms with Crippen molar-refractivity contribution >= 4 is 5.78 Å². The fourth-order valence-corrected chi connectivity index (χ4v) is 1.50. The van der Waals surface area contributed by atoms with Crippen LogP contribution in [0.1, 0.15) is 38.1 Å². The number of hydrogen-bond acceptors (Lipinski definition) is 2. The molecular formula is C11H18N2O. The molecule has 0 saturated carbocycles. The van der Waals surface area contributed by atoms with Gasteiger partial charge in [0, 0.05) is 19.2 Å². The second kappa shape index (κ2) is 4.94. The minimum absolute atomic E-state index is 0.267. The summed E-state index contributed by atoms with van der Waals surface area (Å²) in [5.41, 5.74) is 2.36. The van der Waals surface area contributed by atoms with E-state index in [1.165, 1.54) is 5.69 Å². The Balaban J connectivity index is 2.49. The van der Waals surface area contributed by atoms with Crippen LogP contribution in [0.3, 0.4) is 0 Å². The Morgan fingerprint density at radius 2 is 2.29 bits per heavy atom. The third-order valence-electron chi connectivity index (χ3n) is 2.35. The molecule has 1 rings (SSSR count). The molecule has 14 heavy (non-hydrogen) atoms. The SMILES string of the molecule is CCc1cc(CCCC(C)=O)n(C)n1. The van der Waals surface area contributed by atoms with E-state index in [4.69, 9.17) is 0 Å². The molecule has 0 aliphatic carbocycles. The number of ketones is 1. The van der Waals surface area contributed by atoms with Crippen LogP contribution in [-0.2, 0) is 24.7 Å². The molecule has 3 nitrogen and oxygen atoms in total. The second-order valence-electron chi connectivity index (χ2n) is 3.66. The quantitative estimate of drug-likeness (QED) is 0.717. The van der Waals surface area contributed by atoms with Crippen LogP contribution in [0.15, 0.2) is 6.07 Å². The zero-order chi connectivity index (χ0) is 10.6. The number of Topliss-reactive ketones (excluding diaryl/α,β-unsaturated/α-hetero) is 1. The molecule has 0 bridgehead atoms. The maximum absolute atomic E-state index is 10.8. The van der Waals surface area contributed by atoms with Crippen molar-refractivity contribution in [1.29, 1.82) is 0 Å². The topological polar surface area (TPSA) is 34.9 Å². The van der Waals surface area contributed by atoms with Gasteiger partial charge in [-0.3, -0.25) is 4.68 Å². The average molecular weight is 194 g/mol. The number of carbonyl (C=O) groups is 1.